The zero-order valence-electron chi connectivity index (χ0n) is 19.9. The topological polar surface area (TPSA) is 74.7 Å². The molecule has 2 amide bonds. The Kier molecular flexibility index (Phi) is 6.86. The van der Waals surface area contributed by atoms with E-state index in [0.29, 0.717) is 32.7 Å². The molecule has 2 fully saturated rings. The zero-order chi connectivity index (χ0) is 23.5. The van der Waals surface area contributed by atoms with Crippen LogP contribution in [0.3, 0.4) is 0 Å². The smallest absolute Gasteiger partial charge is 0.259 e. The van der Waals surface area contributed by atoms with E-state index >= 15 is 0 Å². The van der Waals surface area contributed by atoms with Crippen molar-refractivity contribution in [1.82, 2.24) is 14.8 Å². The van der Waals surface area contributed by atoms with Gasteiger partial charge in [-0.15, -0.1) is 0 Å². The number of rotatable bonds is 5. The molecule has 0 spiro atoms. The van der Waals surface area contributed by atoms with Gasteiger partial charge in [0.05, 0.1) is 0 Å². The predicted molar refractivity (Wildman–Crippen MR) is 130 cm³/mol. The van der Waals surface area contributed by atoms with E-state index in [0.717, 1.165) is 25.7 Å². The first-order chi connectivity index (χ1) is 15.9. The number of benzene rings is 1. The molecular formula is C26H34N4O3. The van der Waals surface area contributed by atoms with Crippen molar-refractivity contribution in [2.75, 3.05) is 37.6 Å². The molecule has 2 heterocycles. The number of pyridine rings is 1. The summed E-state index contributed by atoms with van der Waals surface area (Å²) in [5.41, 5.74) is 3.39. The largest absolute Gasteiger partial charge is 0.368 e. The molecule has 0 bridgehead atoms. The minimum atomic E-state index is -0.475. The highest BCUT2D eigenvalue weighted by Gasteiger charge is 2.28. The van der Waals surface area contributed by atoms with Gasteiger partial charge in [-0.1, -0.05) is 25.0 Å². The molecule has 1 aromatic heterocycles. The third kappa shape index (κ3) is 4.68. The van der Waals surface area contributed by atoms with Gasteiger partial charge in [0.2, 0.25) is 5.43 Å². The van der Waals surface area contributed by atoms with E-state index in [-0.39, 0.29) is 23.1 Å². The standard InChI is InChI=1S/C26H34N4O3/c1-4-27-25(32)21-16-30(20-9-5-6-10-20)17-22(24(21)31)26(33)29-14-12-28(13-15-29)23-11-7-8-18(2)19(23)3/h7-8,11,16-17,20H,4-6,9-10,12-15H2,1-3H3,(H,27,32). The molecule has 0 radical (unpaired) electrons. The van der Waals surface area contributed by atoms with Crippen LogP contribution in [0.4, 0.5) is 5.69 Å². The van der Waals surface area contributed by atoms with Crippen LogP contribution in [0.25, 0.3) is 0 Å². The van der Waals surface area contributed by atoms with Crippen molar-refractivity contribution in [2.45, 2.75) is 52.5 Å². The van der Waals surface area contributed by atoms with E-state index in [1.54, 1.807) is 17.3 Å². The molecule has 1 N–H and O–H groups in total. The van der Waals surface area contributed by atoms with Crippen molar-refractivity contribution >= 4 is 17.5 Å². The summed E-state index contributed by atoms with van der Waals surface area (Å²) in [6, 6.07) is 6.52. The summed E-state index contributed by atoms with van der Waals surface area (Å²) in [5.74, 6) is -0.692. The van der Waals surface area contributed by atoms with Gasteiger partial charge < -0.3 is 19.7 Å². The SMILES string of the molecule is CCNC(=O)c1cn(C2CCCC2)cc(C(=O)N2CCN(c3cccc(C)c3C)CC2)c1=O. The van der Waals surface area contributed by atoms with Crippen molar-refractivity contribution < 1.29 is 9.59 Å². The van der Waals surface area contributed by atoms with Crippen LogP contribution in [0, 0.1) is 13.8 Å². The van der Waals surface area contributed by atoms with Crippen LogP contribution in [-0.2, 0) is 0 Å². The van der Waals surface area contributed by atoms with Crippen LogP contribution in [0.15, 0.2) is 35.4 Å². The molecule has 2 aromatic rings. The molecule has 7 heteroatoms. The number of carbonyl (C=O) groups is 2. The van der Waals surface area contributed by atoms with Gasteiger partial charge in [0.1, 0.15) is 11.1 Å². The Morgan fingerprint density at radius 1 is 1.00 bits per heavy atom. The minimum Gasteiger partial charge on any atom is -0.368 e. The molecule has 176 valence electrons. The van der Waals surface area contributed by atoms with Gasteiger partial charge in [-0.3, -0.25) is 14.4 Å². The molecule has 1 aromatic carbocycles. The summed E-state index contributed by atoms with van der Waals surface area (Å²) in [7, 11) is 0. The van der Waals surface area contributed by atoms with E-state index in [1.807, 2.05) is 11.5 Å². The van der Waals surface area contributed by atoms with Crippen molar-refractivity contribution in [2.24, 2.45) is 0 Å². The highest BCUT2D eigenvalue weighted by molar-refractivity contribution is 5.99. The Morgan fingerprint density at radius 3 is 2.33 bits per heavy atom. The molecule has 1 saturated carbocycles. The van der Waals surface area contributed by atoms with Crippen LogP contribution >= 0.6 is 0 Å². The molecule has 33 heavy (non-hydrogen) atoms. The van der Waals surface area contributed by atoms with Crippen LogP contribution in [0.2, 0.25) is 0 Å². The lowest BCUT2D eigenvalue weighted by Crippen LogP contribution is -2.50. The highest BCUT2D eigenvalue weighted by Crippen LogP contribution is 2.29. The minimum absolute atomic E-state index is 0.0589. The maximum absolute atomic E-state index is 13.4. The molecule has 2 aliphatic rings. The average molecular weight is 451 g/mol. The fraction of sp³-hybridized carbons (Fsp3) is 0.500. The first kappa shape index (κ1) is 23.1. The molecule has 1 saturated heterocycles. The molecule has 4 rings (SSSR count). The van der Waals surface area contributed by atoms with Crippen LogP contribution in [0.1, 0.15) is 70.5 Å². The maximum Gasteiger partial charge on any atom is 0.259 e. The van der Waals surface area contributed by atoms with Gasteiger partial charge in [-0.05, 0) is 50.8 Å². The second kappa shape index (κ2) is 9.81. The predicted octanol–water partition coefficient (Wildman–Crippen LogP) is 3.29. The van der Waals surface area contributed by atoms with Crippen LogP contribution in [-0.4, -0.2) is 54.0 Å². The fourth-order valence-corrected chi connectivity index (χ4v) is 4.98. The summed E-state index contributed by atoms with van der Waals surface area (Å²) in [6.45, 7) is 8.99. The number of piperazine rings is 1. The molecule has 0 unspecified atom stereocenters. The van der Waals surface area contributed by atoms with Crippen LogP contribution < -0.4 is 15.6 Å². The first-order valence-corrected chi connectivity index (χ1v) is 12.0. The van der Waals surface area contributed by atoms with Crippen molar-refractivity contribution in [3.8, 4) is 0 Å². The van der Waals surface area contributed by atoms with Gasteiger partial charge in [-0.25, -0.2) is 0 Å². The Morgan fingerprint density at radius 2 is 1.67 bits per heavy atom. The number of aromatic nitrogens is 1. The van der Waals surface area contributed by atoms with E-state index in [1.165, 1.54) is 16.8 Å². The van der Waals surface area contributed by atoms with Crippen molar-refractivity contribution in [3.05, 3.63) is 63.1 Å². The lowest BCUT2D eigenvalue weighted by atomic mass is 10.1. The van der Waals surface area contributed by atoms with Gasteiger partial charge in [0.25, 0.3) is 11.8 Å². The van der Waals surface area contributed by atoms with Crippen molar-refractivity contribution in [1.29, 1.82) is 0 Å². The number of nitrogens with zero attached hydrogens (tertiary/aromatic N) is 3. The Balaban J connectivity index is 1.58. The molecular weight excluding hydrogens is 416 g/mol. The fourth-order valence-electron chi connectivity index (χ4n) is 4.98. The van der Waals surface area contributed by atoms with E-state index < -0.39 is 11.3 Å². The lowest BCUT2D eigenvalue weighted by Gasteiger charge is -2.37. The summed E-state index contributed by atoms with van der Waals surface area (Å²) in [6.07, 6.45) is 7.56. The monoisotopic (exact) mass is 450 g/mol. The number of hydrogen-bond acceptors (Lipinski definition) is 4. The second-order valence-corrected chi connectivity index (χ2v) is 9.16. The average Bonchev–Trinajstić information content (AvgIpc) is 3.36. The first-order valence-electron chi connectivity index (χ1n) is 12.0. The third-order valence-corrected chi connectivity index (χ3v) is 7.09. The lowest BCUT2D eigenvalue weighted by molar-refractivity contribution is 0.0744. The third-order valence-electron chi connectivity index (χ3n) is 7.09. The summed E-state index contributed by atoms with van der Waals surface area (Å²) in [5, 5.41) is 2.72. The number of hydrogen-bond donors (Lipinski definition) is 1. The molecule has 0 atom stereocenters. The number of amides is 2. The van der Waals surface area contributed by atoms with Crippen molar-refractivity contribution in [3.63, 3.8) is 0 Å². The van der Waals surface area contributed by atoms with Gasteiger partial charge in [-0.2, -0.15) is 0 Å². The quantitative estimate of drug-likeness (QED) is 0.759. The number of nitrogens with one attached hydrogen (secondary N) is 1. The van der Waals surface area contributed by atoms with E-state index in [4.69, 9.17) is 0 Å². The van der Waals surface area contributed by atoms with Gasteiger partial charge in [0.15, 0.2) is 0 Å². The second-order valence-electron chi connectivity index (χ2n) is 9.16. The highest BCUT2D eigenvalue weighted by atomic mass is 16.2. The normalized spacial score (nSPS) is 16.8. The van der Waals surface area contributed by atoms with E-state index in [9.17, 15) is 14.4 Å². The molecule has 1 aliphatic carbocycles. The number of anilines is 1. The number of carbonyl (C=O) groups excluding carboxylic acids is 2. The van der Waals surface area contributed by atoms with Gasteiger partial charge >= 0.3 is 0 Å². The Bertz CT molecular complexity index is 1090. The van der Waals surface area contributed by atoms with Crippen LogP contribution in [0.5, 0.6) is 0 Å². The molecule has 7 nitrogen and oxygen atoms in total. The number of aryl methyl sites for hydroxylation is 1. The maximum atomic E-state index is 13.4. The van der Waals surface area contributed by atoms with Gasteiger partial charge in [0, 0.05) is 56.8 Å². The summed E-state index contributed by atoms with van der Waals surface area (Å²) in [4.78, 5) is 43.3. The van der Waals surface area contributed by atoms with E-state index in [2.05, 4.69) is 42.3 Å². The Hall–Kier alpha value is -3.09. The zero-order valence-corrected chi connectivity index (χ0v) is 19.9. The summed E-state index contributed by atoms with van der Waals surface area (Å²) >= 11 is 0. The summed E-state index contributed by atoms with van der Waals surface area (Å²) < 4.78 is 1.93. The molecule has 1 aliphatic heterocycles. The Labute approximate surface area is 195 Å².